The van der Waals surface area contributed by atoms with Crippen LogP contribution in [0.1, 0.15) is 19.5 Å². The zero-order chi connectivity index (χ0) is 13.9. The number of nitrogens with zero attached hydrogens (tertiary/aromatic N) is 2. The van der Waals surface area contributed by atoms with Crippen LogP contribution in [0.2, 0.25) is 5.15 Å². The minimum Gasteiger partial charge on any atom is -0.380 e. The zero-order valence-corrected chi connectivity index (χ0v) is 12.5. The Bertz CT molecular complexity index is 340. The van der Waals surface area contributed by atoms with Crippen LogP contribution in [-0.2, 0) is 16.0 Å². The fourth-order valence-corrected chi connectivity index (χ4v) is 1.89. The summed E-state index contributed by atoms with van der Waals surface area (Å²) in [5, 5.41) is 0.534. The van der Waals surface area contributed by atoms with Gasteiger partial charge < -0.3 is 9.47 Å². The van der Waals surface area contributed by atoms with E-state index in [1.165, 1.54) is 0 Å². The van der Waals surface area contributed by atoms with Crippen LogP contribution in [0.15, 0.2) is 18.2 Å². The van der Waals surface area contributed by atoms with E-state index in [-0.39, 0.29) is 0 Å². The van der Waals surface area contributed by atoms with Gasteiger partial charge in [-0.1, -0.05) is 17.7 Å². The fraction of sp³-hybridized carbons (Fsp3) is 0.643. The molecule has 0 unspecified atom stereocenters. The Kier molecular flexibility index (Phi) is 8.75. The van der Waals surface area contributed by atoms with E-state index < -0.39 is 0 Å². The number of halogens is 1. The van der Waals surface area contributed by atoms with E-state index in [1.807, 2.05) is 26.0 Å². The summed E-state index contributed by atoms with van der Waals surface area (Å²) in [5.74, 6) is 0. The van der Waals surface area contributed by atoms with Crippen molar-refractivity contribution < 1.29 is 9.47 Å². The molecule has 4 nitrogen and oxygen atoms in total. The highest BCUT2D eigenvalue weighted by Crippen LogP contribution is 2.07. The Labute approximate surface area is 120 Å². The molecule has 0 aliphatic heterocycles. The van der Waals surface area contributed by atoms with Gasteiger partial charge in [0.05, 0.1) is 18.9 Å². The van der Waals surface area contributed by atoms with Gasteiger partial charge in [0.1, 0.15) is 5.15 Å². The molecule has 0 aliphatic rings. The van der Waals surface area contributed by atoms with Crippen molar-refractivity contribution in [1.82, 2.24) is 9.88 Å². The third-order valence-corrected chi connectivity index (χ3v) is 2.88. The third-order valence-electron chi connectivity index (χ3n) is 2.67. The standard InChI is InChI=1S/C14H23ClN2O2/c1-3-18-10-8-17(9-11-19-4-2)12-13-6-5-7-14(15)16-13/h5-7H,3-4,8-12H2,1-2H3. The molecule has 19 heavy (non-hydrogen) atoms. The molecule has 1 rings (SSSR count). The highest BCUT2D eigenvalue weighted by molar-refractivity contribution is 6.29. The minimum atomic E-state index is 0.534. The Balaban J connectivity index is 2.46. The van der Waals surface area contributed by atoms with Crippen molar-refractivity contribution in [2.45, 2.75) is 20.4 Å². The molecule has 0 fully saturated rings. The summed E-state index contributed by atoms with van der Waals surface area (Å²) in [6, 6.07) is 5.70. The molecule has 0 aliphatic carbocycles. The normalized spacial score (nSPS) is 11.2. The van der Waals surface area contributed by atoms with Gasteiger partial charge in [-0.15, -0.1) is 0 Å². The Morgan fingerprint density at radius 1 is 1.11 bits per heavy atom. The van der Waals surface area contributed by atoms with Gasteiger partial charge in [0, 0.05) is 32.8 Å². The zero-order valence-electron chi connectivity index (χ0n) is 11.8. The predicted molar refractivity (Wildman–Crippen MR) is 77.5 cm³/mol. The van der Waals surface area contributed by atoms with Gasteiger partial charge in [-0.25, -0.2) is 4.98 Å². The molecular formula is C14H23ClN2O2. The molecule has 0 saturated carbocycles. The summed E-state index contributed by atoms with van der Waals surface area (Å²) in [7, 11) is 0. The average molecular weight is 287 g/mol. The lowest BCUT2D eigenvalue weighted by Gasteiger charge is -2.21. The molecule has 0 N–H and O–H groups in total. The number of hydrogen-bond acceptors (Lipinski definition) is 4. The third kappa shape index (κ3) is 7.47. The quantitative estimate of drug-likeness (QED) is 0.489. The summed E-state index contributed by atoms with van der Waals surface area (Å²) >= 11 is 5.90. The molecule has 1 aromatic rings. The van der Waals surface area contributed by atoms with Crippen molar-refractivity contribution in [2.75, 3.05) is 39.5 Å². The second-order valence-electron chi connectivity index (χ2n) is 4.12. The van der Waals surface area contributed by atoms with Crippen LogP contribution in [0.5, 0.6) is 0 Å². The van der Waals surface area contributed by atoms with Gasteiger partial charge >= 0.3 is 0 Å². The van der Waals surface area contributed by atoms with Crippen LogP contribution < -0.4 is 0 Å². The topological polar surface area (TPSA) is 34.6 Å². The van der Waals surface area contributed by atoms with Crippen LogP contribution in [-0.4, -0.2) is 49.4 Å². The molecule has 0 spiro atoms. The summed E-state index contributed by atoms with van der Waals surface area (Å²) < 4.78 is 10.8. The number of ether oxygens (including phenoxy) is 2. The molecule has 0 bridgehead atoms. The Hall–Kier alpha value is -0.680. The van der Waals surface area contributed by atoms with Crippen LogP contribution in [0.25, 0.3) is 0 Å². The van der Waals surface area contributed by atoms with E-state index in [2.05, 4.69) is 9.88 Å². The molecule has 5 heteroatoms. The van der Waals surface area contributed by atoms with Crippen LogP contribution >= 0.6 is 11.6 Å². The van der Waals surface area contributed by atoms with E-state index in [4.69, 9.17) is 21.1 Å². The molecule has 0 amide bonds. The van der Waals surface area contributed by atoms with Gasteiger partial charge in [0.15, 0.2) is 0 Å². The van der Waals surface area contributed by atoms with E-state index in [9.17, 15) is 0 Å². The first kappa shape index (κ1) is 16.4. The Morgan fingerprint density at radius 2 is 1.74 bits per heavy atom. The monoisotopic (exact) mass is 286 g/mol. The number of rotatable bonds is 10. The van der Waals surface area contributed by atoms with Crippen LogP contribution in [0.4, 0.5) is 0 Å². The highest BCUT2D eigenvalue weighted by Gasteiger charge is 2.07. The summed E-state index contributed by atoms with van der Waals surface area (Å²) in [6.45, 7) is 9.45. The lowest BCUT2D eigenvalue weighted by molar-refractivity contribution is 0.0793. The number of pyridine rings is 1. The van der Waals surface area contributed by atoms with E-state index >= 15 is 0 Å². The van der Waals surface area contributed by atoms with Crippen LogP contribution in [0.3, 0.4) is 0 Å². The van der Waals surface area contributed by atoms with Gasteiger partial charge in [-0.3, -0.25) is 4.90 Å². The molecule has 0 saturated heterocycles. The van der Waals surface area contributed by atoms with Gasteiger partial charge in [0.2, 0.25) is 0 Å². The van der Waals surface area contributed by atoms with Crippen molar-refractivity contribution in [3.05, 3.63) is 29.0 Å². The largest absolute Gasteiger partial charge is 0.380 e. The van der Waals surface area contributed by atoms with Crippen molar-refractivity contribution in [3.63, 3.8) is 0 Å². The summed E-state index contributed by atoms with van der Waals surface area (Å²) in [4.78, 5) is 6.58. The second kappa shape index (κ2) is 10.1. The smallest absolute Gasteiger partial charge is 0.129 e. The first-order valence-electron chi connectivity index (χ1n) is 6.75. The average Bonchev–Trinajstić information content (AvgIpc) is 2.39. The SMILES string of the molecule is CCOCCN(CCOCC)Cc1cccc(Cl)n1. The number of aromatic nitrogens is 1. The first-order chi connectivity index (χ1) is 9.26. The van der Waals surface area contributed by atoms with Crippen molar-refractivity contribution in [3.8, 4) is 0 Å². The second-order valence-corrected chi connectivity index (χ2v) is 4.51. The molecule has 108 valence electrons. The van der Waals surface area contributed by atoms with E-state index in [0.717, 1.165) is 51.8 Å². The highest BCUT2D eigenvalue weighted by atomic mass is 35.5. The maximum Gasteiger partial charge on any atom is 0.129 e. The maximum atomic E-state index is 5.90. The van der Waals surface area contributed by atoms with Crippen molar-refractivity contribution >= 4 is 11.6 Å². The molecular weight excluding hydrogens is 264 g/mol. The summed E-state index contributed by atoms with van der Waals surface area (Å²) in [5.41, 5.74) is 0.973. The Morgan fingerprint density at radius 3 is 2.26 bits per heavy atom. The molecule has 0 aromatic carbocycles. The fourth-order valence-electron chi connectivity index (χ4n) is 1.71. The number of hydrogen-bond donors (Lipinski definition) is 0. The van der Waals surface area contributed by atoms with Crippen LogP contribution in [0, 0.1) is 0 Å². The lowest BCUT2D eigenvalue weighted by atomic mass is 10.3. The minimum absolute atomic E-state index is 0.534. The van der Waals surface area contributed by atoms with E-state index in [1.54, 1.807) is 6.07 Å². The van der Waals surface area contributed by atoms with E-state index in [0.29, 0.717) is 5.15 Å². The van der Waals surface area contributed by atoms with Crippen molar-refractivity contribution in [1.29, 1.82) is 0 Å². The maximum absolute atomic E-state index is 5.90. The van der Waals surface area contributed by atoms with Gasteiger partial charge in [-0.2, -0.15) is 0 Å². The molecule has 0 atom stereocenters. The van der Waals surface area contributed by atoms with Gasteiger partial charge in [0.25, 0.3) is 0 Å². The first-order valence-corrected chi connectivity index (χ1v) is 7.13. The lowest BCUT2D eigenvalue weighted by Crippen LogP contribution is -2.31. The molecule has 1 heterocycles. The molecule has 1 aromatic heterocycles. The van der Waals surface area contributed by atoms with Gasteiger partial charge in [-0.05, 0) is 26.0 Å². The summed E-state index contributed by atoms with van der Waals surface area (Å²) in [6.07, 6.45) is 0. The molecule has 0 radical (unpaired) electrons. The van der Waals surface area contributed by atoms with Crippen molar-refractivity contribution in [2.24, 2.45) is 0 Å². The predicted octanol–water partition coefficient (Wildman–Crippen LogP) is 2.61.